The lowest BCUT2D eigenvalue weighted by Crippen LogP contribution is -1.69. The Bertz CT molecular complexity index is 205. The van der Waals surface area contributed by atoms with Gasteiger partial charge in [-0.3, -0.25) is 0 Å². The van der Waals surface area contributed by atoms with Crippen molar-refractivity contribution < 1.29 is 9.32 Å². The summed E-state index contributed by atoms with van der Waals surface area (Å²) in [6, 6.07) is 6.13. The molecule has 0 unspecified atom stereocenters. The zero-order chi connectivity index (χ0) is 6.69. The fourth-order valence-electron chi connectivity index (χ4n) is 0.502. The van der Waals surface area contributed by atoms with E-state index in [-0.39, 0.29) is 5.75 Å². The number of phenols is 1. The normalized spacial score (nSPS) is 8.89. The second-order valence-corrected chi connectivity index (χ2v) is 2.22. The first-order valence-corrected chi connectivity index (χ1v) is 3.16. The summed E-state index contributed by atoms with van der Waals surface area (Å²) in [5, 5.41) is 8.74. The summed E-state index contributed by atoms with van der Waals surface area (Å²) in [6.45, 7) is 0. The smallest absolute Gasteiger partial charge is 0.505 e. The number of hydrogen-bond acceptors (Lipinski definition) is 2. The third-order valence-electron chi connectivity index (χ3n) is 0.933. The van der Waals surface area contributed by atoms with Gasteiger partial charge in [-0.25, -0.2) is 0 Å². The van der Waals surface area contributed by atoms with Crippen molar-refractivity contribution in [3.8, 4) is 5.75 Å². The standard InChI is InChI=1S/C6H4O2S/c7-5-1-3-6(9-8)4-2-5/h1-4H/p+1. The van der Waals surface area contributed by atoms with E-state index in [4.69, 9.17) is 5.11 Å². The summed E-state index contributed by atoms with van der Waals surface area (Å²) >= 11 is 0.416. The van der Waals surface area contributed by atoms with Crippen LogP contribution in [-0.4, -0.2) is 5.11 Å². The SMILES string of the molecule is O=[S+]c1ccc(O)cc1. The maximum absolute atomic E-state index is 10.1. The molecule has 0 aliphatic rings. The molecule has 1 rings (SSSR count). The van der Waals surface area contributed by atoms with Crippen molar-refractivity contribution in [1.29, 1.82) is 0 Å². The Kier molecular flexibility index (Phi) is 1.75. The molecule has 1 aromatic carbocycles. The minimum absolute atomic E-state index is 0.188. The van der Waals surface area contributed by atoms with Crippen LogP contribution >= 0.6 is 0 Å². The van der Waals surface area contributed by atoms with Gasteiger partial charge in [0.05, 0.1) is 0 Å². The highest BCUT2D eigenvalue weighted by atomic mass is 32.1. The van der Waals surface area contributed by atoms with Gasteiger partial charge in [0.25, 0.3) is 4.90 Å². The van der Waals surface area contributed by atoms with Crippen molar-refractivity contribution >= 4 is 11.7 Å². The average Bonchev–Trinajstić information content (AvgIpc) is 1.90. The van der Waals surface area contributed by atoms with Crippen molar-refractivity contribution in [3.05, 3.63) is 24.3 Å². The molecule has 0 radical (unpaired) electrons. The molecule has 1 aromatic rings. The Morgan fingerprint density at radius 2 is 1.78 bits per heavy atom. The maximum atomic E-state index is 10.1. The topological polar surface area (TPSA) is 37.3 Å². The van der Waals surface area contributed by atoms with Crippen molar-refractivity contribution in [2.24, 2.45) is 0 Å². The molecular formula is C6H5O2S+. The molecule has 0 heterocycles. The number of benzene rings is 1. The van der Waals surface area contributed by atoms with Crippen molar-refractivity contribution in [2.75, 3.05) is 0 Å². The van der Waals surface area contributed by atoms with Crippen LogP contribution in [0.3, 0.4) is 0 Å². The van der Waals surface area contributed by atoms with Crippen molar-refractivity contribution in [3.63, 3.8) is 0 Å². The fourth-order valence-corrected chi connectivity index (χ4v) is 0.749. The number of aromatic hydroxyl groups is 1. The van der Waals surface area contributed by atoms with Gasteiger partial charge < -0.3 is 5.11 Å². The molecule has 0 saturated carbocycles. The molecule has 0 fully saturated rings. The van der Waals surface area contributed by atoms with Crippen molar-refractivity contribution in [1.82, 2.24) is 0 Å². The average molecular weight is 141 g/mol. The van der Waals surface area contributed by atoms with Gasteiger partial charge in [0.1, 0.15) is 5.75 Å². The van der Waals surface area contributed by atoms with E-state index in [1.54, 1.807) is 12.1 Å². The zero-order valence-corrected chi connectivity index (χ0v) is 5.39. The minimum Gasteiger partial charge on any atom is -0.508 e. The Labute approximate surface area is 56.6 Å². The monoisotopic (exact) mass is 141 g/mol. The second-order valence-electron chi connectivity index (χ2n) is 1.58. The van der Waals surface area contributed by atoms with Crippen molar-refractivity contribution in [2.45, 2.75) is 4.90 Å². The van der Waals surface area contributed by atoms with Crippen LogP contribution in [0.25, 0.3) is 0 Å². The van der Waals surface area contributed by atoms with E-state index in [1.165, 1.54) is 12.1 Å². The van der Waals surface area contributed by atoms with Gasteiger partial charge in [-0.2, -0.15) is 0 Å². The molecule has 0 aromatic heterocycles. The highest BCUT2D eigenvalue weighted by molar-refractivity contribution is 7.65. The van der Waals surface area contributed by atoms with Crippen LogP contribution in [0.1, 0.15) is 0 Å². The van der Waals surface area contributed by atoms with Crippen LogP contribution < -0.4 is 0 Å². The summed E-state index contributed by atoms with van der Waals surface area (Å²) in [7, 11) is 0. The summed E-state index contributed by atoms with van der Waals surface area (Å²) in [5.41, 5.74) is 0. The van der Waals surface area contributed by atoms with Gasteiger partial charge in [0.15, 0.2) is 0 Å². The predicted octanol–water partition coefficient (Wildman–Crippen LogP) is 1.18. The lowest BCUT2D eigenvalue weighted by atomic mass is 10.3. The summed E-state index contributed by atoms with van der Waals surface area (Å²) in [6.07, 6.45) is 0. The van der Waals surface area contributed by atoms with Crippen LogP contribution in [0.2, 0.25) is 0 Å². The lowest BCUT2D eigenvalue weighted by molar-refractivity contribution is 0.475. The molecule has 0 amide bonds. The van der Waals surface area contributed by atoms with Gasteiger partial charge in [-0.15, -0.1) is 0 Å². The Balaban J connectivity index is 3.01. The largest absolute Gasteiger partial charge is 0.508 e. The highest BCUT2D eigenvalue weighted by Crippen LogP contribution is 2.08. The zero-order valence-electron chi connectivity index (χ0n) is 4.57. The van der Waals surface area contributed by atoms with Crippen LogP contribution in [0.4, 0.5) is 0 Å². The molecule has 3 heteroatoms. The first-order chi connectivity index (χ1) is 4.33. The molecule has 0 atom stereocenters. The van der Waals surface area contributed by atoms with Gasteiger partial charge in [-0.1, -0.05) is 0 Å². The number of phenolic OH excluding ortho intramolecular Hbond substituents is 1. The molecular weight excluding hydrogens is 136 g/mol. The molecule has 0 bridgehead atoms. The van der Waals surface area contributed by atoms with Crippen LogP contribution in [0.15, 0.2) is 29.2 Å². The second kappa shape index (κ2) is 2.55. The van der Waals surface area contributed by atoms with E-state index in [1.807, 2.05) is 0 Å². The van der Waals surface area contributed by atoms with E-state index in [9.17, 15) is 4.21 Å². The minimum atomic E-state index is 0.188. The van der Waals surface area contributed by atoms with E-state index in [0.717, 1.165) is 0 Å². The summed E-state index contributed by atoms with van der Waals surface area (Å²) in [5.74, 6) is 0.188. The molecule has 2 nitrogen and oxygen atoms in total. The number of hydrogen-bond donors (Lipinski definition) is 1. The predicted molar refractivity (Wildman–Crippen MR) is 34.4 cm³/mol. The third kappa shape index (κ3) is 1.47. The molecule has 9 heavy (non-hydrogen) atoms. The summed E-state index contributed by atoms with van der Waals surface area (Å²) in [4.78, 5) is 0.618. The first kappa shape index (κ1) is 6.16. The number of rotatable bonds is 1. The highest BCUT2D eigenvalue weighted by Gasteiger charge is 2.02. The molecule has 0 aliphatic heterocycles. The molecule has 1 N–H and O–H groups in total. The molecule has 0 saturated heterocycles. The van der Waals surface area contributed by atoms with Crippen LogP contribution in [-0.2, 0) is 15.9 Å². The molecule has 0 aliphatic carbocycles. The van der Waals surface area contributed by atoms with E-state index in [2.05, 4.69) is 0 Å². The van der Waals surface area contributed by atoms with E-state index < -0.39 is 0 Å². The fraction of sp³-hybridized carbons (Fsp3) is 0. The summed E-state index contributed by atoms with van der Waals surface area (Å²) < 4.78 is 10.1. The van der Waals surface area contributed by atoms with Gasteiger partial charge in [0, 0.05) is 16.3 Å². The van der Waals surface area contributed by atoms with Gasteiger partial charge >= 0.3 is 11.7 Å². The third-order valence-corrected chi connectivity index (χ3v) is 1.40. The van der Waals surface area contributed by atoms with Crippen LogP contribution in [0, 0.1) is 0 Å². The Hall–Kier alpha value is -0.960. The molecule has 0 spiro atoms. The molecule has 46 valence electrons. The lowest BCUT2D eigenvalue weighted by Gasteiger charge is -1.82. The van der Waals surface area contributed by atoms with Gasteiger partial charge in [0.2, 0.25) is 0 Å². The van der Waals surface area contributed by atoms with E-state index >= 15 is 0 Å². The quantitative estimate of drug-likeness (QED) is 0.596. The van der Waals surface area contributed by atoms with Crippen LogP contribution in [0.5, 0.6) is 5.75 Å². The van der Waals surface area contributed by atoms with Gasteiger partial charge in [-0.05, 0) is 12.1 Å². The maximum Gasteiger partial charge on any atom is 0.505 e. The first-order valence-electron chi connectivity index (χ1n) is 2.42. The van der Waals surface area contributed by atoms with E-state index in [0.29, 0.717) is 16.6 Å². The Morgan fingerprint density at radius 3 is 2.22 bits per heavy atom. The Morgan fingerprint density at radius 1 is 1.22 bits per heavy atom.